The molecule has 0 saturated heterocycles. The fourth-order valence-corrected chi connectivity index (χ4v) is 1.59. The molecular weight excluding hydrogens is 208 g/mol. The van der Waals surface area contributed by atoms with E-state index in [1.807, 2.05) is 6.92 Å². The number of hydrogen-bond donors (Lipinski definition) is 2. The van der Waals surface area contributed by atoms with Crippen molar-refractivity contribution >= 4 is 5.91 Å². The van der Waals surface area contributed by atoms with Gasteiger partial charge in [0.15, 0.2) is 0 Å². The van der Waals surface area contributed by atoms with Crippen LogP contribution in [-0.2, 0) is 14.3 Å². The number of carbonyl (C=O) groups excluding carboxylic acids is 1. The highest BCUT2D eigenvalue weighted by atomic mass is 16.5. The molecule has 16 heavy (non-hydrogen) atoms. The quantitative estimate of drug-likeness (QED) is 0.547. The molecule has 1 aliphatic carbocycles. The van der Waals surface area contributed by atoms with Crippen LogP contribution in [0.2, 0.25) is 0 Å². The molecule has 94 valence electrons. The molecule has 1 unspecified atom stereocenters. The Balaban J connectivity index is 2.16. The Morgan fingerprint density at radius 2 is 1.94 bits per heavy atom. The van der Waals surface area contributed by atoms with E-state index < -0.39 is 11.4 Å². The van der Waals surface area contributed by atoms with E-state index in [1.54, 1.807) is 0 Å². The second-order valence-electron chi connectivity index (χ2n) is 4.34. The maximum absolute atomic E-state index is 11.3. The molecule has 0 spiro atoms. The van der Waals surface area contributed by atoms with E-state index in [2.05, 4.69) is 0 Å². The molecule has 0 aliphatic heterocycles. The predicted octanol–water partition coefficient (Wildman–Crippen LogP) is 0.0224. The van der Waals surface area contributed by atoms with Gasteiger partial charge in [-0.1, -0.05) is 6.92 Å². The Morgan fingerprint density at radius 1 is 1.31 bits per heavy atom. The Bertz CT molecular complexity index is 231. The number of primary amides is 1. The summed E-state index contributed by atoms with van der Waals surface area (Å²) in [5.74, 6) is -0.272. The fraction of sp³-hybridized carbons (Fsp3) is 0.909. The van der Waals surface area contributed by atoms with E-state index in [4.69, 9.17) is 20.9 Å². The van der Waals surface area contributed by atoms with Gasteiger partial charge in [-0.25, -0.2) is 0 Å². The minimum absolute atomic E-state index is 0.196. The molecule has 0 radical (unpaired) electrons. The van der Waals surface area contributed by atoms with Crippen LogP contribution in [0.3, 0.4) is 0 Å². The lowest BCUT2D eigenvalue weighted by Crippen LogP contribution is -2.57. The first-order valence-corrected chi connectivity index (χ1v) is 5.85. The highest BCUT2D eigenvalue weighted by Gasteiger charge is 2.47. The second-order valence-corrected chi connectivity index (χ2v) is 4.34. The molecule has 1 amide bonds. The number of ether oxygens (including phenoxy) is 2. The zero-order chi connectivity index (χ0) is 12.0. The van der Waals surface area contributed by atoms with Crippen LogP contribution in [0.1, 0.15) is 26.2 Å². The molecule has 1 fully saturated rings. The molecule has 1 rings (SSSR count). The fourth-order valence-electron chi connectivity index (χ4n) is 1.59. The zero-order valence-electron chi connectivity index (χ0n) is 9.91. The van der Waals surface area contributed by atoms with Crippen molar-refractivity contribution < 1.29 is 14.3 Å². The van der Waals surface area contributed by atoms with Crippen molar-refractivity contribution in [1.29, 1.82) is 0 Å². The first-order chi connectivity index (χ1) is 7.61. The normalized spacial score (nSPS) is 19.4. The summed E-state index contributed by atoms with van der Waals surface area (Å²) in [4.78, 5) is 11.3. The molecule has 0 bridgehead atoms. The summed E-state index contributed by atoms with van der Waals surface area (Å²) in [6.45, 7) is 3.97. The van der Waals surface area contributed by atoms with Gasteiger partial charge in [-0.3, -0.25) is 4.79 Å². The van der Waals surface area contributed by atoms with E-state index in [0.29, 0.717) is 13.2 Å². The molecule has 1 atom stereocenters. The third-order valence-corrected chi connectivity index (χ3v) is 2.83. The van der Waals surface area contributed by atoms with Crippen LogP contribution in [0, 0.1) is 5.92 Å². The molecule has 0 aromatic carbocycles. The van der Waals surface area contributed by atoms with E-state index in [9.17, 15) is 4.79 Å². The lowest BCUT2D eigenvalue weighted by atomic mass is 9.95. The molecule has 0 aromatic rings. The van der Waals surface area contributed by atoms with Gasteiger partial charge in [0, 0.05) is 6.61 Å². The van der Waals surface area contributed by atoms with E-state index in [0.717, 1.165) is 25.9 Å². The van der Waals surface area contributed by atoms with E-state index in [1.165, 1.54) is 0 Å². The van der Waals surface area contributed by atoms with Crippen LogP contribution >= 0.6 is 0 Å². The average Bonchev–Trinajstić information content (AvgIpc) is 3.06. The van der Waals surface area contributed by atoms with Crippen molar-refractivity contribution in [2.24, 2.45) is 17.4 Å². The molecule has 5 nitrogen and oxygen atoms in total. The van der Waals surface area contributed by atoms with Crippen molar-refractivity contribution in [3.05, 3.63) is 0 Å². The van der Waals surface area contributed by atoms with E-state index >= 15 is 0 Å². The Kier molecular flexibility index (Phi) is 5.18. The third kappa shape index (κ3) is 3.73. The van der Waals surface area contributed by atoms with Crippen molar-refractivity contribution in [3.8, 4) is 0 Å². The summed E-state index contributed by atoms with van der Waals surface area (Å²) in [6.07, 6.45) is 2.93. The van der Waals surface area contributed by atoms with Gasteiger partial charge in [0.2, 0.25) is 5.91 Å². The maximum atomic E-state index is 11.3. The lowest BCUT2D eigenvalue weighted by molar-refractivity contribution is -0.126. The molecule has 1 saturated carbocycles. The number of nitrogens with two attached hydrogens (primary N) is 2. The van der Waals surface area contributed by atoms with Gasteiger partial charge in [-0.2, -0.15) is 0 Å². The van der Waals surface area contributed by atoms with Crippen LogP contribution in [0.5, 0.6) is 0 Å². The van der Waals surface area contributed by atoms with Crippen molar-refractivity contribution in [2.75, 3.05) is 26.4 Å². The van der Waals surface area contributed by atoms with Gasteiger partial charge in [0.05, 0.1) is 19.8 Å². The number of hydrogen-bond acceptors (Lipinski definition) is 4. The minimum atomic E-state index is -0.981. The molecular formula is C11H22N2O3. The molecule has 0 aromatic heterocycles. The van der Waals surface area contributed by atoms with Gasteiger partial charge in [0.25, 0.3) is 0 Å². The van der Waals surface area contributed by atoms with E-state index in [-0.39, 0.29) is 12.5 Å². The average molecular weight is 230 g/mol. The standard InChI is InChI=1S/C11H22N2O3/c1-2-5-15-6-7-16-8-11(13,10(12)14)9-3-4-9/h9H,2-8,13H2,1H3,(H2,12,14). The predicted molar refractivity (Wildman–Crippen MR) is 60.8 cm³/mol. The van der Waals surface area contributed by atoms with Gasteiger partial charge in [-0.05, 0) is 25.2 Å². The Labute approximate surface area is 96.5 Å². The third-order valence-electron chi connectivity index (χ3n) is 2.83. The number of rotatable bonds is 9. The Morgan fingerprint density at radius 3 is 2.44 bits per heavy atom. The summed E-state index contributed by atoms with van der Waals surface area (Å²) in [7, 11) is 0. The first kappa shape index (κ1) is 13.4. The topological polar surface area (TPSA) is 87.6 Å². The Hall–Kier alpha value is -0.650. The second kappa shape index (κ2) is 6.18. The summed E-state index contributed by atoms with van der Waals surface area (Å²) < 4.78 is 10.6. The van der Waals surface area contributed by atoms with Crippen LogP contribution in [0.25, 0.3) is 0 Å². The SMILES string of the molecule is CCCOCCOCC(N)(C(N)=O)C1CC1. The number of amides is 1. The monoisotopic (exact) mass is 230 g/mol. The van der Waals surface area contributed by atoms with Crippen LogP contribution in [-0.4, -0.2) is 37.9 Å². The summed E-state index contributed by atoms with van der Waals surface area (Å²) >= 11 is 0. The van der Waals surface area contributed by atoms with Crippen molar-refractivity contribution in [3.63, 3.8) is 0 Å². The summed E-state index contributed by atoms with van der Waals surface area (Å²) in [6, 6.07) is 0. The van der Waals surface area contributed by atoms with Gasteiger partial charge < -0.3 is 20.9 Å². The van der Waals surface area contributed by atoms with Crippen molar-refractivity contribution in [1.82, 2.24) is 0 Å². The summed E-state index contributed by atoms with van der Waals surface area (Å²) in [5.41, 5.74) is 10.3. The first-order valence-electron chi connectivity index (χ1n) is 5.85. The van der Waals surface area contributed by atoms with Gasteiger partial charge in [-0.15, -0.1) is 0 Å². The lowest BCUT2D eigenvalue weighted by Gasteiger charge is -2.25. The highest BCUT2D eigenvalue weighted by molar-refractivity contribution is 5.85. The molecule has 5 heteroatoms. The zero-order valence-corrected chi connectivity index (χ0v) is 9.91. The number of carbonyl (C=O) groups is 1. The molecule has 4 N–H and O–H groups in total. The van der Waals surface area contributed by atoms with Crippen LogP contribution in [0.4, 0.5) is 0 Å². The summed E-state index contributed by atoms with van der Waals surface area (Å²) in [5, 5.41) is 0. The molecule has 1 aliphatic rings. The van der Waals surface area contributed by atoms with Crippen LogP contribution in [0.15, 0.2) is 0 Å². The highest BCUT2D eigenvalue weighted by Crippen LogP contribution is 2.38. The molecule has 0 heterocycles. The minimum Gasteiger partial charge on any atom is -0.379 e. The smallest absolute Gasteiger partial charge is 0.240 e. The van der Waals surface area contributed by atoms with Crippen LogP contribution < -0.4 is 11.5 Å². The largest absolute Gasteiger partial charge is 0.379 e. The maximum Gasteiger partial charge on any atom is 0.240 e. The van der Waals surface area contributed by atoms with Gasteiger partial charge in [0.1, 0.15) is 5.54 Å². The van der Waals surface area contributed by atoms with Crippen molar-refractivity contribution in [2.45, 2.75) is 31.7 Å². The van der Waals surface area contributed by atoms with Gasteiger partial charge >= 0.3 is 0 Å².